The molecule has 0 fully saturated rings. The maximum absolute atomic E-state index is 11.1. The van der Waals surface area contributed by atoms with Crippen molar-refractivity contribution >= 4 is 29.2 Å². The smallest absolute Gasteiger partial charge is 0.306 e. The molecule has 140 valence electrons. The highest BCUT2D eigenvalue weighted by molar-refractivity contribution is 6.42. The molecule has 5 nitrogen and oxygen atoms in total. The van der Waals surface area contributed by atoms with Gasteiger partial charge in [-0.15, -0.1) is 0 Å². The van der Waals surface area contributed by atoms with Gasteiger partial charge in [-0.1, -0.05) is 29.3 Å². The highest BCUT2D eigenvalue weighted by Gasteiger charge is 2.20. The minimum absolute atomic E-state index is 0.145. The van der Waals surface area contributed by atoms with Crippen LogP contribution in [0.25, 0.3) is 0 Å². The number of benzene rings is 2. The molecule has 7 heteroatoms. The summed E-state index contributed by atoms with van der Waals surface area (Å²) in [5.74, 6) is 0.157. The van der Waals surface area contributed by atoms with E-state index in [0.717, 1.165) is 5.56 Å². The molecule has 26 heavy (non-hydrogen) atoms. The molecule has 0 aromatic heterocycles. The third-order valence-corrected chi connectivity index (χ3v) is 4.41. The summed E-state index contributed by atoms with van der Waals surface area (Å²) in [6.07, 6.45) is -0.732. The number of rotatable bonds is 9. The molecule has 2 aromatic rings. The van der Waals surface area contributed by atoms with Gasteiger partial charge in [0, 0.05) is 18.2 Å². The molecule has 0 saturated carbocycles. The Hall–Kier alpha value is -1.95. The molecule has 1 atom stereocenters. The molecule has 0 aliphatic rings. The summed E-state index contributed by atoms with van der Waals surface area (Å²) < 4.78 is 16.7. The van der Waals surface area contributed by atoms with Crippen LogP contribution in [0.3, 0.4) is 0 Å². The molecule has 0 amide bonds. The average molecular weight is 399 g/mol. The summed E-state index contributed by atoms with van der Waals surface area (Å²) >= 11 is 11.9. The Morgan fingerprint density at radius 1 is 1.15 bits per heavy atom. The third kappa shape index (κ3) is 5.53. The van der Waals surface area contributed by atoms with E-state index in [4.69, 9.17) is 42.5 Å². The average Bonchev–Trinajstić information content (AvgIpc) is 2.61. The first kappa shape index (κ1) is 20.4. The van der Waals surface area contributed by atoms with Gasteiger partial charge >= 0.3 is 5.97 Å². The van der Waals surface area contributed by atoms with Gasteiger partial charge in [-0.2, -0.15) is 0 Å². The number of halogens is 2. The van der Waals surface area contributed by atoms with Crippen molar-refractivity contribution in [3.05, 3.63) is 57.6 Å². The molecule has 1 unspecified atom stereocenters. The quantitative estimate of drug-likeness (QED) is 0.633. The first-order valence-electron chi connectivity index (χ1n) is 8.02. The number of aliphatic carboxylic acids is 1. The Bertz CT molecular complexity index is 764. The van der Waals surface area contributed by atoms with Crippen molar-refractivity contribution in [2.45, 2.75) is 26.1 Å². The fourth-order valence-electron chi connectivity index (χ4n) is 2.46. The summed E-state index contributed by atoms with van der Waals surface area (Å²) in [6, 6.07) is 10.5. The van der Waals surface area contributed by atoms with Crippen LogP contribution >= 0.6 is 23.2 Å². The van der Waals surface area contributed by atoms with E-state index in [1.807, 2.05) is 13.0 Å². The van der Waals surface area contributed by atoms with Crippen molar-refractivity contribution in [2.75, 3.05) is 13.7 Å². The second-order valence-electron chi connectivity index (χ2n) is 5.48. The van der Waals surface area contributed by atoms with Crippen LogP contribution in [-0.2, 0) is 16.1 Å². The second-order valence-corrected chi connectivity index (χ2v) is 6.30. The van der Waals surface area contributed by atoms with E-state index in [1.165, 1.54) is 7.11 Å². The van der Waals surface area contributed by atoms with E-state index in [0.29, 0.717) is 40.3 Å². The lowest BCUT2D eigenvalue weighted by molar-refractivity contribution is -0.140. The zero-order valence-electron chi connectivity index (χ0n) is 14.5. The van der Waals surface area contributed by atoms with Gasteiger partial charge in [0.25, 0.3) is 0 Å². The largest absolute Gasteiger partial charge is 0.496 e. The number of ether oxygens (including phenoxy) is 3. The fraction of sp³-hybridized carbons (Fsp3) is 0.316. The molecule has 0 aliphatic heterocycles. The summed E-state index contributed by atoms with van der Waals surface area (Å²) in [7, 11) is 1.52. The topological polar surface area (TPSA) is 65.0 Å². The highest BCUT2D eigenvalue weighted by atomic mass is 35.5. The van der Waals surface area contributed by atoms with Crippen LogP contribution < -0.4 is 9.47 Å². The second kappa shape index (κ2) is 9.67. The van der Waals surface area contributed by atoms with Crippen LogP contribution in [0.2, 0.25) is 10.0 Å². The van der Waals surface area contributed by atoms with Gasteiger partial charge in [-0.3, -0.25) is 4.79 Å². The Kier molecular flexibility index (Phi) is 7.57. The molecular formula is C19H20Cl2O5. The molecule has 0 saturated heterocycles. The number of carboxylic acids is 1. The number of methoxy groups -OCH3 is 1. The van der Waals surface area contributed by atoms with Gasteiger partial charge < -0.3 is 19.3 Å². The Balaban J connectivity index is 2.15. The molecule has 0 bridgehead atoms. The van der Waals surface area contributed by atoms with E-state index in [9.17, 15) is 4.79 Å². The van der Waals surface area contributed by atoms with Crippen LogP contribution in [0.5, 0.6) is 11.5 Å². The maximum atomic E-state index is 11.1. The van der Waals surface area contributed by atoms with Gasteiger partial charge in [0.1, 0.15) is 18.1 Å². The van der Waals surface area contributed by atoms with Gasteiger partial charge in [0.05, 0.1) is 29.7 Å². The lowest BCUT2D eigenvalue weighted by atomic mass is 10.0. The number of hydrogen-bond acceptors (Lipinski definition) is 4. The van der Waals surface area contributed by atoms with Crippen molar-refractivity contribution < 1.29 is 24.1 Å². The van der Waals surface area contributed by atoms with Crippen LogP contribution in [0.15, 0.2) is 36.4 Å². The third-order valence-electron chi connectivity index (χ3n) is 3.67. The summed E-state index contributed by atoms with van der Waals surface area (Å²) in [4.78, 5) is 11.1. The van der Waals surface area contributed by atoms with E-state index < -0.39 is 12.1 Å². The molecule has 0 heterocycles. The standard InChI is InChI=1S/C19H20Cl2O5/c1-3-25-18(10-19(22)23)14-6-5-13(9-17(14)24-2)26-11-12-4-7-15(20)16(21)8-12/h4-9,18H,3,10-11H2,1-2H3,(H,22,23). The number of hydrogen-bond donors (Lipinski definition) is 1. The zero-order chi connectivity index (χ0) is 19.1. The molecular weight excluding hydrogens is 379 g/mol. The highest BCUT2D eigenvalue weighted by Crippen LogP contribution is 2.33. The SMILES string of the molecule is CCOC(CC(=O)O)c1ccc(OCc2ccc(Cl)c(Cl)c2)cc1OC. The predicted molar refractivity (Wildman–Crippen MR) is 100 cm³/mol. The minimum atomic E-state index is -0.939. The normalized spacial score (nSPS) is 11.8. The first-order chi connectivity index (χ1) is 12.4. The maximum Gasteiger partial charge on any atom is 0.306 e. The van der Waals surface area contributed by atoms with Gasteiger partial charge in [-0.25, -0.2) is 0 Å². The van der Waals surface area contributed by atoms with Gasteiger partial charge in [-0.05, 0) is 36.8 Å². The van der Waals surface area contributed by atoms with E-state index >= 15 is 0 Å². The number of carbonyl (C=O) groups is 1. The van der Waals surface area contributed by atoms with E-state index in [1.54, 1.807) is 30.3 Å². The van der Waals surface area contributed by atoms with Crippen molar-refractivity contribution in [3.8, 4) is 11.5 Å². The molecule has 0 aliphatic carbocycles. The molecule has 0 radical (unpaired) electrons. The van der Waals surface area contributed by atoms with Crippen molar-refractivity contribution in [2.24, 2.45) is 0 Å². The minimum Gasteiger partial charge on any atom is -0.496 e. The Morgan fingerprint density at radius 3 is 2.54 bits per heavy atom. The first-order valence-corrected chi connectivity index (χ1v) is 8.78. The van der Waals surface area contributed by atoms with Gasteiger partial charge in [0.2, 0.25) is 0 Å². The predicted octanol–water partition coefficient (Wildman–Crippen LogP) is 5.13. The summed E-state index contributed by atoms with van der Waals surface area (Å²) in [5.41, 5.74) is 1.54. The molecule has 1 N–H and O–H groups in total. The zero-order valence-corrected chi connectivity index (χ0v) is 16.0. The van der Waals surface area contributed by atoms with Crippen LogP contribution in [0.1, 0.15) is 30.6 Å². The Labute approximate surface area is 162 Å². The summed E-state index contributed by atoms with van der Waals surface area (Å²) in [5, 5.41) is 10.0. The monoisotopic (exact) mass is 398 g/mol. The van der Waals surface area contributed by atoms with Crippen molar-refractivity contribution in [1.29, 1.82) is 0 Å². The van der Waals surface area contributed by atoms with Crippen LogP contribution in [0.4, 0.5) is 0 Å². The van der Waals surface area contributed by atoms with Crippen LogP contribution in [0, 0.1) is 0 Å². The van der Waals surface area contributed by atoms with Crippen molar-refractivity contribution in [1.82, 2.24) is 0 Å². The lowest BCUT2D eigenvalue weighted by Gasteiger charge is -2.19. The number of carboxylic acid groups (broad SMARTS) is 1. The van der Waals surface area contributed by atoms with E-state index in [-0.39, 0.29) is 6.42 Å². The lowest BCUT2D eigenvalue weighted by Crippen LogP contribution is -2.11. The van der Waals surface area contributed by atoms with Gasteiger partial charge in [0.15, 0.2) is 0 Å². The molecule has 2 rings (SSSR count). The van der Waals surface area contributed by atoms with E-state index in [2.05, 4.69) is 0 Å². The fourth-order valence-corrected chi connectivity index (χ4v) is 2.78. The van der Waals surface area contributed by atoms with Crippen molar-refractivity contribution in [3.63, 3.8) is 0 Å². The Morgan fingerprint density at radius 2 is 1.92 bits per heavy atom. The molecule has 0 spiro atoms. The molecule has 2 aromatic carbocycles. The summed E-state index contributed by atoms with van der Waals surface area (Å²) in [6.45, 7) is 2.52. The van der Waals surface area contributed by atoms with Crippen LogP contribution in [-0.4, -0.2) is 24.8 Å².